The first-order valence-electron chi connectivity index (χ1n) is 13.8. The second-order valence-electron chi connectivity index (χ2n) is 10.3. The van der Waals surface area contributed by atoms with Crippen molar-refractivity contribution in [2.24, 2.45) is 0 Å². The molecule has 0 unspecified atom stereocenters. The summed E-state index contributed by atoms with van der Waals surface area (Å²) >= 11 is 0. The zero-order valence-electron chi connectivity index (χ0n) is 22.2. The molecule has 194 valence electrons. The van der Waals surface area contributed by atoms with Crippen molar-refractivity contribution in [3.05, 3.63) is 138 Å². The van der Waals surface area contributed by atoms with Crippen LogP contribution in [0.2, 0.25) is 0 Å². The van der Waals surface area contributed by atoms with Crippen LogP contribution in [0.25, 0.3) is 79.8 Å². The van der Waals surface area contributed by atoms with E-state index in [1.54, 1.807) is 0 Å². The summed E-state index contributed by atoms with van der Waals surface area (Å²) in [4.78, 5) is 17.7. The van der Waals surface area contributed by atoms with Gasteiger partial charge in [-0.3, -0.25) is 4.98 Å². The molecule has 2 aliphatic heterocycles. The van der Waals surface area contributed by atoms with Crippen LogP contribution in [-0.2, 0) is 0 Å². The topological polar surface area (TPSA) is 57.4 Å². The molecule has 4 nitrogen and oxygen atoms in total. The van der Waals surface area contributed by atoms with Gasteiger partial charge in [0.1, 0.15) is 0 Å². The van der Waals surface area contributed by atoms with Gasteiger partial charge in [0, 0.05) is 38.9 Å². The van der Waals surface area contributed by atoms with Gasteiger partial charge in [0.2, 0.25) is 0 Å². The van der Waals surface area contributed by atoms with Crippen LogP contribution in [0.4, 0.5) is 0 Å². The van der Waals surface area contributed by atoms with Gasteiger partial charge in [-0.1, -0.05) is 66.2 Å². The van der Waals surface area contributed by atoms with Gasteiger partial charge in [0.25, 0.3) is 0 Å². The highest BCUT2D eigenvalue weighted by Gasteiger charge is 2.14. The molecule has 5 heterocycles. The summed E-state index contributed by atoms with van der Waals surface area (Å²) in [6, 6.07) is 40.0. The molecule has 6 aromatic rings. The van der Waals surface area contributed by atoms with Gasteiger partial charge in [-0.15, -0.1) is 11.6 Å². The van der Waals surface area contributed by atoms with Crippen LogP contribution < -0.4 is 0 Å². The van der Waals surface area contributed by atoms with E-state index in [1.165, 1.54) is 0 Å². The molecule has 8 rings (SSSR count). The van der Waals surface area contributed by atoms with Crippen molar-refractivity contribution in [2.75, 3.05) is 0 Å². The maximum Gasteiger partial charge on any atom is 0.0736 e. The van der Waals surface area contributed by atoms with Crippen LogP contribution in [0, 0.1) is 0 Å². The summed E-state index contributed by atoms with van der Waals surface area (Å²) in [5, 5.41) is 0. The lowest BCUT2D eigenvalue weighted by atomic mass is 10.0. The minimum absolute atomic E-state index is 0.903. The average molecular weight is 526 g/mol. The fourth-order valence-corrected chi connectivity index (χ4v) is 5.80. The standard InChI is InChI=1S/C37H25N4/c1-3-9-24(10-4-1)35-29-17-15-27(38-29)23-28-16-18-30(39-28)36(25-11-5-2-6-12-25)32-20-22-34(41-32)37(26-13-7-8-14-26)33-21-19-31(35)40-33/h1-23,38,41H/q-1. The summed E-state index contributed by atoms with van der Waals surface area (Å²) < 4.78 is 0. The monoisotopic (exact) mass is 525 g/mol. The lowest BCUT2D eigenvalue weighted by molar-refractivity contribution is 1.31. The van der Waals surface area contributed by atoms with Gasteiger partial charge in [-0.2, -0.15) is 18.2 Å². The minimum Gasteiger partial charge on any atom is -0.362 e. The number of nitrogens with one attached hydrogen (secondary N) is 2. The van der Waals surface area contributed by atoms with E-state index in [0.717, 1.165) is 78.2 Å². The first kappa shape index (κ1) is 23.3. The molecule has 41 heavy (non-hydrogen) atoms. The molecule has 0 amide bonds. The molecule has 0 saturated carbocycles. The Morgan fingerprint density at radius 3 is 1.76 bits per heavy atom. The van der Waals surface area contributed by atoms with Crippen molar-refractivity contribution >= 4 is 46.4 Å². The SMILES string of the molecule is C1=Cc2nc1cc1ccc([nH]1)c(-c1ccccc1)c1nc(c(-c3ccc[cH-]3)c3ccc([nH]3)c2-c2ccccc2)C=C1. The molecule has 0 atom stereocenters. The number of nitrogens with zero attached hydrogens (tertiary/aromatic N) is 2. The maximum atomic E-state index is 5.25. The van der Waals surface area contributed by atoms with Crippen molar-refractivity contribution in [1.82, 2.24) is 19.9 Å². The Morgan fingerprint density at radius 1 is 0.488 bits per heavy atom. The Hall–Kier alpha value is -5.61. The van der Waals surface area contributed by atoms with Crippen LogP contribution in [0.15, 0.2) is 115 Å². The van der Waals surface area contributed by atoms with Crippen molar-refractivity contribution < 1.29 is 0 Å². The normalized spacial score (nSPS) is 12.2. The fourth-order valence-electron chi connectivity index (χ4n) is 5.80. The van der Waals surface area contributed by atoms with E-state index in [1.807, 2.05) is 12.1 Å². The molecule has 0 fully saturated rings. The predicted octanol–water partition coefficient (Wildman–Crippen LogP) is 9.38. The number of hydrogen-bond donors (Lipinski definition) is 2. The highest BCUT2D eigenvalue weighted by Crippen LogP contribution is 2.36. The van der Waals surface area contributed by atoms with Crippen molar-refractivity contribution in [2.45, 2.75) is 0 Å². The molecular formula is C37H25N4-. The summed E-state index contributed by atoms with van der Waals surface area (Å²) in [5.74, 6) is 0. The summed E-state index contributed by atoms with van der Waals surface area (Å²) in [5.41, 5.74) is 14.2. The molecule has 0 saturated heterocycles. The number of aromatic amines is 2. The van der Waals surface area contributed by atoms with Crippen molar-refractivity contribution in [3.8, 4) is 33.4 Å². The Balaban J connectivity index is 1.54. The van der Waals surface area contributed by atoms with Gasteiger partial charge < -0.3 is 9.97 Å². The lowest BCUT2D eigenvalue weighted by Gasteiger charge is -2.08. The minimum atomic E-state index is 0.903. The van der Waals surface area contributed by atoms with Crippen molar-refractivity contribution in [3.63, 3.8) is 0 Å². The second kappa shape index (κ2) is 9.54. The molecular weight excluding hydrogens is 500 g/mol. The zero-order chi connectivity index (χ0) is 27.2. The molecule has 2 N–H and O–H groups in total. The van der Waals surface area contributed by atoms with Crippen molar-refractivity contribution in [1.29, 1.82) is 0 Å². The van der Waals surface area contributed by atoms with Crippen LogP contribution in [0.5, 0.6) is 0 Å². The lowest BCUT2D eigenvalue weighted by Crippen LogP contribution is -1.87. The van der Waals surface area contributed by atoms with E-state index < -0.39 is 0 Å². The van der Waals surface area contributed by atoms with Gasteiger partial charge in [-0.25, -0.2) is 4.98 Å². The molecule has 8 bridgehead atoms. The first-order valence-corrected chi connectivity index (χ1v) is 13.8. The van der Waals surface area contributed by atoms with Gasteiger partial charge in [0.15, 0.2) is 0 Å². The Bertz CT molecular complexity index is 2090. The maximum absolute atomic E-state index is 5.25. The van der Waals surface area contributed by atoms with Crippen LogP contribution in [-0.4, -0.2) is 19.9 Å². The molecule has 0 aliphatic carbocycles. The third kappa shape index (κ3) is 4.14. The van der Waals surface area contributed by atoms with Crippen LogP contribution in [0.3, 0.4) is 0 Å². The third-order valence-electron chi connectivity index (χ3n) is 7.65. The fraction of sp³-hybridized carbons (Fsp3) is 0. The second-order valence-corrected chi connectivity index (χ2v) is 10.3. The number of aromatic nitrogens is 4. The number of hydrogen-bond acceptors (Lipinski definition) is 2. The smallest absolute Gasteiger partial charge is 0.0736 e. The molecule has 3 aromatic carbocycles. The number of H-pyrrole nitrogens is 2. The third-order valence-corrected chi connectivity index (χ3v) is 7.65. The highest BCUT2D eigenvalue weighted by atomic mass is 14.8. The quantitative estimate of drug-likeness (QED) is 0.226. The predicted molar refractivity (Wildman–Crippen MR) is 171 cm³/mol. The van der Waals surface area contributed by atoms with E-state index in [4.69, 9.17) is 9.97 Å². The van der Waals surface area contributed by atoms with Gasteiger partial charge >= 0.3 is 0 Å². The highest BCUT2D eigenvalue weighted by molar-refractivity contribution is 5.97. The molecule has 0 spiro atoms. The van der Waals surface area contributed by atoms with E-state index in [2.05, 4.69) is 137 Å². The number of rotatable bonds is 3. The summed E-state index contributed by atoms with van der Waals surface area (Å²) in [6.45, 7) is 0. The van der Waals surface area contributed by atoms with E-state index >= 15 is 0 Å². The van der Waals surface area contributed by atoms with Gasteiger partial charge in [0.05, 0.1) is 17.1 Å². The Labute approximate surface area is 237 Å². The number of fused-ring (bicyclic) bond motifs is 8. The van der Waals surface area contributed by atoms with Gasteiger partial charge in [-0.05, 0) is 65.8 Å². The zero-order valence-corrected chi connectivity index (χ0v) is 22.2. The molecule has 4 heteroatoms. The van der Waals surface area contributed by atoms with Crippen LogP contribution in [0.1, 0.15) is 22.8 Å². The Kier molecular flexibility index (Phi) is 5.42. The molecule has 0 radical (unpaired) electrons. The molecule has 2 aliphatic rings. The summed E-state index contributed by atoms with van der Waals surface area (Å²) in [6.07, 6.45) is 8.43. The summed E-state index contributed by atoms with van der Waals surface area (Å²) in [7, 11) is 0. The Morgan fingerprint density at radius 2 is 1.07 bits per heavy atom. The first-order chi connectivity index (χ1) is 20.3. The average Bonchev–Trinajstić information content (AvgIpc) is 3.84. The van der Waals surface area contributed by atoms with E-state index in [0.29, 0.717) is 0 Å². The van der Waals surface area contributed by atoms with E-state index in [-0.39, 0.29) is 0 Å². The number of benzene rings is 2. The van der Waals surface area contributed by atoms with Crippen LogP contribution >= 0.6 is 0 Å². The molecule has 3 aromatic heterocycles. The van der Waals surface area contributed by atoms with E-state index in [9.17, 15) is 0 Å². The largest absolute Gasteiger partial charge is 0.362 e.